The van der Waals surface area contributed by atoms with Crippen LogP contribution in [0, 0.1) is 17.2 Å². The molecule has 9 rings (SSSR count). The third kappa shape index (κ3) is 9.04. The van der Waals surface area contributed by atoms with E-state index in [1.165, 1.54) is 0 Å². The van der Waals surface area contributed by atoms with Gasteiger partial charge in [0, 0.05) is 143 Å². The molecule has 0 unspecified atom stereocenters. The number of anilines is 2. The summed E-state index contributed by atoms with van der Waals surface area (Å²) >= 11 is 5.75. The van der Waals surface area contributed by atoms with Crippen LogP contribution in [0.3, 0.4) is 0 Å². The first-order chi connectivity index (χ1) is 32.1. The number of ether oxygens (including phenoxy) is 3. The van der Waals surface area contributed by atoms with Gasteiger partial charge in [-0.1, -0.05) is 25.0 Å². The maximum absolute atomic E-state index is 14.2. The van der Waals surface area contributed by atoms with E-state index < -0.39 is 11.2 Å². The largest absolute Gasteiger partial charge is 0.457 e. The number of hydrogen-bond donors (Lipinski definition) is 2. The van der Waals surface area contributed by atoms with Crippen LogP contribution in [0.4, 0.5) is 11.4 Å². The summed E-state index contributed by atoms with van der Waals surface area (Å²) in [5.74, 6) is 1.19. The summed E-state index contributed by atoms with van der Waals surface area (Å²) in [4.78, 5) is 67.6. The van der Waals surface area contributed by atoms with Crippen LogP contribution in [0.2, 0.25) is 0 Å². The Hall–Kier alpha value is -5.06. The van der Waals surface area contributed by atoms with Gasteiger partial charge in [0.2, 0.25) is 17.6 Å². The lowest BCUT2D eigenvalue weighted by Gasteiger charge is -2.45. The minimum Gasteiger partial charge on any atom is -0.457 e. The van der Waals surface area contributed by atoms with Gasteiger partial charge in [0.15, 0.2) is 0 Å². The first kappa shape index (κ1) is 46.1. The van der Waals surface area contributed by atoms with Gasteiger partial charge in [-0.15, -0.1) is 11.6 Å². The van der Waals surface area contributed by atoms with Crippen LogP contribution in [-0.2, 0) is 24.5 Å². The van der Waals surface area contributed by atoms with Crippen LogP contribution in [0.15, 0.2) is 54.6 Å². The third-order valence-corrected chi connectivity index (χ3v) is 14.7. The number of nitrogens with one attached hydrogen (secondary N) is 2. The van der Waals surface area contributed by atoms with Crippen molar-refractivity contribution in [1.82, 2.24) is 24.9 Å². The van der Waals surface area contributed by atoms with Crippen molar-refractivity contribution in [1.29, 1.82) is 5.41 Å². The molecule has 16 heteroatoms. The van der Waals surface area contributed by atoms with Gasteiger partial charge in [-0.05, 0) is 62.8 Å². The van der Waals surface area contributed by atoms with Gasteiger partial charge in [0.05, 0.1) is 42.8 Å². The normalized spacial score (nSPS) is 19.6. The minimum absolute atomic E-state index is 0.0901. The summed E-state index contributed by atoms with van der Waals surface area (Å²) < 4.78 is 18.2. The highest BCUT2D eigenvalue weighted by Gasteiger charge is 2.56. The number of nitrogens with zero attached hydrogens (tertiary/aromatic N) is 6. The maximum atomic E-state index is 14.2. The molecular formula is C50H63ClN8O7. The molecule has 5 aliphatic heterocycles. The first-order valence-corrected chi connectivity index (χ1v) is 24.3. The number of rotatable bonds is 17. The smallest absolute Gasteiger partial charge is 0.251 e. The van der Waals surface area contributed by atoms with Crippen molar-refractivity contribution in [3.63, 3.8) is 0 Å². The number of carbonyl (C=O) groups is 4. The molecule has 3 amide bonds. The molecule has 66 heavy (non-hydrogen) atoms. The van der Waals surface area contributed by atoms with Crippen LogP contribution < -0.4 is 19.9 Å². The summed E-state index contributed by atoms with van der Waals surface area (Å²) in [6.07, 6.45) is 4.21. The van der Waals surface area contributed by atoms with Gasteiger partial charge < -0.3 is 48.9 Å². The van der Waals surface area contributed by atoms with E-state index >= 15 is 0 Å². The van der Waals surface area contributed by atoms with Crippen LogP contribution in [-0.4, -0.2) is 180 Å². The maximum Gasteiger partial charge on any atom is 0.251 e. The Bertz CT molecular complexity index is 2220. The molecule has 3 aromatic rings. The lowest BCUT2D eigenvalue weighted by atomic mass is 9.67. The average molecular weight is 924 g/mol. The summed E-state index contributed by atoms with van der Waals surface area (Å²) in [5, 5.41) is 12.6. The quantitative estimate of drug-likeness (QED) is 0.147. The number of likely N-dealkylation sites (N-methyl/N-ethyl adjacent to an activating group) is 2. The molecule has 6 aliphatic rings. The lowest BCUT2D eigenvalue weighted by Crippen LogP contribution is -2.57. The van der Waals surface area contributed by atoms with Gasteiger partial charge in [0.1, 0.15) is 11.5 Å². The number of unbranched alkanes of at least 4 members (excludes halogenated alkanes) is 3. The Morgan fingerprint density at radius 1 is 0.682 bits per heavy atom. The highest BCUT2D eigenvalue weighted by Crippen LogP contribution is 2.57. The van der Waals surface area contributed by atoms with Crippen molar-refractivity contribution in [2.24, 2.45) is 11.8 Å². The van der Waals surface area contributed by atoms with Gasteiger partial charge in [-0.25, -0.2) is 0 Å². The van der Waals surface area contributed by atoms with Crippen molar-refractivity contribution in [2.75, 3.05) is 141 Å². The van der Waals surface area contributed by atoms with E-state index in [1.54, 1.807) is 18.2 Å². The molecule has 352 valence electrons. The number of halogens is 1. The molecule has 3 aromatic carbocycles. The van der Waals surface area contributed by atoms with Crippen molar-refractivity contribution in [3.05, 3.63) is 82.4 Å². The number of Topliss-reactive ketones (excluding diaryl/α,β-unsaturated/α-hetero) is 1. The zero-order valence-corrected chi connectivity index (χ0v) is 39.1. The number of benzene rings is 3. The molecule has 0 atom stereocenters. The topological polar surface area (TPSA) is 151 Å². The molecule has 4 saturated heterocycles. The number of carbonyl (C=O) groups excluding carboxylic acids is 4. The van der Waals surface area contributed by atoms with E-state index in [9.17, 15) is 24.6 Å². The van der Waals surface area contributed by atoms with E-state index in [1.807, 2.05) is 46.2 Å². The van der Waals surface area contributed by atoms with E-state index in [2.05, 4.69) is 39.0 Å². The Labute approximate surface area is 392 Å². The fourth-order valence-corrected chi connectivity index (χ4v) is 10.4. The second kappa shape index (κ2) is 20.0. The molecule has 15 nitrogen and oxygen atoms in total. The summed E-state index contributed by atoms with van der Waals surface area (Å²) in [7, 11) is 4.16. The molecule has 0 radical (unpaired) electrons. The summed E-state index contributed by atoms with van der Waals surface area (Å²) in [6, 6.07) is 16.8. The van der Waals surface area contributed by atoms with Crippen molar-refractivity contribution >= 4 is 52.2 Å². The molecular weight excluding hydrogens is 860 g/mol. The highest BCUT2D eigenvalue weighted by molar-refractivity contribution is 6.53. The number of piperazine rings is 2. The predicted octanol–water partition coefficient (Wildman–Crippen LogP) is 4.33. The van der Waals surface area contributed by atoms with E-state index in [0.717, 1.165) is 89.4 Å². The Morgan fingerprint density at radius 2 is 1.21 bits per heavy atom. The fraction of sp³-hybridized carbons (Fsp3) is 0.540. The second-order valence-corrected chi connectivity index (χ2v) is 19.1. The molecule has 5 heterocycles. The first-order valence-electron chi connectivity index (χ1n) is 23.8. The fourth-order valence-electron chi connectivity index (χ4n) is 10.2. The number of ketones is 1. The van der Waals surface area contributed by atoms with E-state index in [0.29, 0.717) is 97.8 Å². The van der Waals surface area contributed by atoms with Crippen LogP contribution in [0.5, 0.6) is 11.5 Å². The molecule has 1 spiro atoms. The van der Waals surface area contributed by atoms with E-state index in [4.69, 9.17) is 25.8 Å². The Balaban J connectivity index is 0.943. The zero-order chi connectivity index (χ0) is 46.0. The predicted molar refractivity (Wildman–Crippen MR) is 254 cm³/mol. The molecule has 4 fully saturated rings. The number of amides is 3. The van der Waals surface area contributed by atoms with Gasteiger partial charge in [0.25, 0.3) is 5.91 Å². The van der Waals surface area contributed by atoms with Gasteiger partial charge in [-0.3, -0.25) is 24.6 Å². The third-order valence-electron chi connectivity index (χ3n) is 14.4. The Morgan fingerprint density at radius 3 is 1.76 bits per heavy atom. The number of alkyl halides is 1. The van der Waals surface area contributed by atoms with Crippen molar-refractivity contribution in [3.8, 4) is 11.5 Å². The molecule has 0 aromatic heterocycles. The zero-order valence-electron chi connectivity index (χ0n) is 38.3. The van der Waals surface area contributed by atoms with Crippen molar-refractivity contribution < 1.29 is 33.4 Å². The van der Waals surface area contributed by atoms with Crippen LogP contribution in [0.1, 0.15) is 63.1 Å². The van der Waals surface area contributed by atoms with Crippen LogP contribution in [0.25, 0.3) is 0 Å². The molecule has 0 bridgehead atoms. The highest BCUT2D eigenvalue weighted by atomic mass is 35.5. The molecule has 0 saturated carbocycles. The average Bonchev–Trinajstić information content (AvgIpc) is 3.50. The van der Waals surface area contributed by atoms with Crippen molar-refractivity contribution in [2.45, 2.75) is 31.1 Å². The lowest BCUT2D eigenvalue weighted by molar-refractivity contribution is -0.138. The second-order valence-electron chi connectivity index (χ2n) is 18.7. The van der Waals surface area contributed by atoms with Crippen LogP contribution >= 0.6 is 11.6 Å². The van der Waals surface area contributed by atoms with E-state index in [-0.39, 0.29) is 41.8 Å². The SMILES string of the molecule is CN1CCN(C(=O)C2CN(c3ccc4c(c3)Oc3cc(N5CC(C(=O)N6CCN(C)CC6)C5)ccc3C43C(=N)C(=O)c4ccc(C(=O)NCCOCCOCCCCCCCl)cc43)C2)CC1. The number of hydrogen-bond acceptors (Lipinski definition) is 12. The monoisotopic (exact) mass is 922 g/mol. The summed E-state index contributed by atoms with van der Waals surface area (Å²) in [5.41, 5.74) is 2.85. The Kier molecular flexibility index (Phi) is 14.0. The van der Waals surface area contributed by atoms with Gasteiger partial charge >= 0.3 is 0 Å². The number of fused-ring (bicyclic) bond motifs is 6. The van der Waals surface area contributed by atoms with Gasteiger partial charge in [-0.2, -0.15) is 0 Å². The summed E-state index contributed by atoms with van der Waals surface area (Å²) in [6.45, 7) is 11.0. The molecule has 2 N–H and O–H groups in total. The standard InChI is InChI=1S/C50H63ClN8O7/c1-54-15-19-56(20-16-54)48(62)35-30-58(31-35)37-8-11-40-43(28-37)66-44-29-38(59-32-36(33-59)49(63)57-21-17-55(2)18-22-57)9-12-41(44)50(40)42-27-34(7-10-39(42)45(60)46(50)52)47(61)53-14-24-65-26-25-64-23-6-4-3-5-13-51/h7-12,27-29,35-36,52H,3-6,13-26,30-33H2,1-2H3,(H,53,61). The minimum atomic E-state index is -1.36. The molecule has 1 aliphatic carbocycles.